The van der Waals surface area contributed by atoms with Crippen LogP contribution in [0.2, 0.25) is 0 Å². The van der Waals surface area contributed by atoms with Crippen molar-refractivity contribution in [3.8, 4) is 0 Å². The van der Waals surface area contributed by atoms with E-state index >= 15 is 0 Å². The highest BCUT2D eigenvalue weighted by Gasteiger charge is 2.23. The first-order valence-electron chi connectivity index (χ1n) is 15.4. The molecule has 9 nitrogen and oxygen atoms in total. The number of ether oxygens (including phenoxy) is 2. The van der Waals surface area contributed by atoms with Crippen molar-refractivity contribution in [2.24, 2.45) is 5.92 Å². The average molecular weight is 650 g/mol. The molecule has 0 saturated heterocycles. The van der Waals surface area contributed by atoms with Gasteiger partial charge in [-0.3, -0.25) is 14.9 Å². The molecule has 1 unspecified atom stereocenters. The Morgan fingerprint density at radius 1 is 0.778 bits per heavy atom. The number of amides is 2. The fourth-order valence-corrected chi connectivity index (χ4v) is 5.94. The van der Waals surface area contributed by atoms with Gasteiger partial charge in [-0.05, 0) is 42.9 Å². The molecule has 4 aromatic rings. The van der Waals surface area contributed by atoms with Crippen LogP contribution >= 0.6 is 22.7 Å². The van der Waals surface area contributed by atoms with Crippen LogP contribution in [0.25, 0.3) is 0 Å². The standard InChI is InChI=1S/C34H43N5O4S2/c1-3-26(2)14-15-39(20-29(16-27-10-6-4-7-11-27)37-33(40)42-22-31-18-35-24-44-31)21-30(17-28-12-8-5-9-13-28)38-34(41)43-23-32-19-36-25-45-32/h4-13,18-19,24-26,29-30H,3,14-17,20-23H2,1-2H3,(H,37,40)(H,38,41)/t26?,29-,30-/m0/s1. The zero-order valence-electron chi connectivity index (χ0n) is 26.0. The van der Waals surface area contributed by atoms with Crippen LogP contribution in [0.4, 0.5) is 9.59 Å². The first-order valence-corrected chi connectivity index (χ1v) is 17.1. The van der Waals surface area contributed by atoms with E-state index in [9.17, 15) is 9.59 Å². The molecule has 0 aliphatic rings. The van der Waals surface area contributed by atoms with E-state index in [1.165, 1.54) is 22.7 Å². The molecule has 0 aliphatic heterocycles. The van der Waals surface area contributed by atoms with Gasteiger partial charge in [-0.15, -0.1) is 22.7 Å². The molecule has 240 valence electrons. The largest absolute Gasteiger partial charge is 0.444 e. The Hall–Kier alpha value is -3.80. The normalized spacial score (nSPS) is 13.1. The number of aromatic nitrogens is 2. The number of carbonyl (C=O) groups excluding carboxylic acids is 2. The predicted molar refractivity (Wildman–Crippen MR) is 179 cm³/mol. The third kappa shape index (κ3) is 13.0. The maximum atomic E-state index is 13.0. The van der Waals surface area contributed by atoms with Crippen molar-refractivity contribution in [3.63, 3.8) is 0 Å². The van der Waals surface area contributed by atoms with Gasteiger partial charge in [0, 0.05) is 37.6 Å². The number of nitrogens with zero attached hydrogens (tertiary/aromatic N) is 3. The molecule has 11 heteroatoms. The molecule has 0 saturated carbocycles. The zero-order chi connectivity index (χ0) is 31.7. The lowest BCUT2D eigenvalue weighted by Crippen LogP contribution is -2.51. The van der Waals surface area contributed by atoms with Gasteiger partial charge in [0.1, 0.15) is 13.2 Å². The van der Waals surface area contributed by atoms with Gasteiger partial charge in [0.15, 0.2) is 0 Å². The molecule has 0 fully saturated rings. The summed E-state index contributed by atoms with van der Waals surface area (Å²) in [5, 5.41) is 6.25. The first kappa shape index (κ1) is 34.1. The summed E-state index contributed by atoms with van der Waals surface area (Å²) in [7, 11) is 0. The third-order valence-corrected chi connectivity index (χ3v) is 9.05. The number of benzene rings is 2. The van der Waals surface area contributed by atoms with Crippen molar-refractivity contribution < 1.29 is 19.1 Å². The average Bonchev–Trinajstić information content (AvgIpc) is 3.77. The van der Waals surface area contributed by atoms with Gasteiger partial charge >= 0.3 is 12.2 Å². The first-order chi connectivity index (χ1) is 22.0. The molecule has 0 spiro atoms. The van der Waals surface area contributed by atoms with Crippen molar-refractivity contribution >= 4 is 34.9 Å². The Morgan fingerprint density at radius 3 is 1.64 bits per heavy atom. The SMILES string of the molecule is CCC(C)CCN(C[C@H](Cc1ccccc1)NC(=O)OCc1cncs1)C[C@H](Cc1ccccc1)NC(=O)OCc1cncs1. The summed E-state index contributed by atoms with van der Waals surface area (Å²) in [5.41, 5.74) is 5.69. The van der Waals surface area contributed by atoms with Gasteiger partial charge < -0.3 is 20.1 Å². The smallest absolute Gasteiger partial charge is 0.407 e. The van der Waals surface area contributed by atoms with E-state index in [2.05, 4.69) is 63.6 Å². The maximum Gasteiger partial charge on any atom is 0.407 e. The van der Waals surface area contributed by atoms with E-state index in [0.717, 1.165) is 40.3 Å². The van der Waals surface area contributed by atoms with Gasteiger partial charge in [0.25, 0.3) is 0 Å². The Bertz CT molecular complexity index is 1270. The molecule has 2 amide bonds. The summed E-state index contributed by atoms with van der Waals surface area (Å²) in [5.74, 6) is 0.544. The van der Waals surface area contributed by atoms with E-state index in [0.29, 0.717) is 31.8 Å². The van der Waals surface area contributed by atoms with Crippen LogP contribution < -0.4 is 10.6 Å². The molecule has 0 radical (unpaired) electrons. The van der Waals surface area contributed by atoms with Crippen molar-refractivity contribution in [1.29, 1.82) is 0 Å². The lowest BCUT2D eigenvalue weighted by molar-refractivity contribution is 0.126. The molecule has 45 heavy (non-hydrogen) atoms. The number of hydrogen-bond acceptors (Lipinski definition) is 9. The zero-order valence-corrected chi connectivity index (χ0v) is 27.6. The van der Waals surface area contributed by atoms with Crippen LogP contribution in [0.1, 0.15) is 47.6 Å². The minimum Gasteiger partial charge on any atom is -0.444 e. The maximum absolute atomic E-state index is 13.0. The highest BCUT2D eigenvalue weighted by atomic mass is 32.1. The molecule has 0 aliphatic carbocycles. The number of thiazole rings is 2. The second-order valence-electron chi connectivity index (χ2n) is 11.2. The van der Waals surface area contributed by atoms with Crippen LogP contribution in [0.5, 0.6) is 0 Å². The monoisotopic (exact) mass is 649 g/mol. The highest BCUT2D eigenvalue weighted by Crippen LogP contribution is 2.14. The van der Waals surface area contributed by atoms with Crippen LogP contribution in [-0.2, 0) is 35.5 Å². The highest BCUT2D eigenvalue weighted by molar-refractivity contribution is 7.09. The van der Waals surface area contributed by atoms with Crippen LogP contribution in [0, 0.1) is 5.92 Å². The van der Waals surface area contributed by atoms with E-state index < -0.39 is 12.2 Å². The summed E-state index contributed by atoms with van der Waals surface area (Å²) in [6.45, 7) is 6.81. The van der Waals surface area contributed by atoms with E-state index in [-0.39, 0.29) is 25.3 Å². The number of rotatable bonds is 18. The van der Waals surface area contributed by atoms with Crippen molar-refractivity contribution in [2.45, 2.75) is 64.8 Å². The lowest BCUT2D eigenvalue weighted by atomic mass is 10.0. The molecule has 0 bridgehead atoms. The molecule has 2 aromatic heterocycles. The van der Waals surface area contributed by atoms with Gasteiger partial charge in [-0.2, -0.15) is 0 Å². The second kappa shape index (κ2) is 18.9. The third-order valence-electron chi connectivity index (χ3n) is 7.54. The van der Waals surface area contributed by atoms with Gasteiger partial charge in [-0.25, -0.2) is 9.59 Å². The summed E-state index contributed by atoms with van der Waals surface area (Å²) in [6.07, 6.45) is 5.86. The summed E-state index contributed by atoms with van der Waals surface area (Å²) < 4.78 is 11.1. The summed E-state index contributed by atoms with van der Waals surface area (Å²) in [4.78, 5) is 38.2. The fraction of sp³-hybridized carbons (Fsp3) is 0.412. The molecule has 4 rings (SSSR count). The minimum atomic E-state index is -0.461. The van der Waals surface area contributed by atoms with Crippen LogP contribution in [0.3, 0.4) is 0 Å². The number of alkyl carbamates (subject to hydrolysis) is 2. The van der Waals surface area contributed by atoms with Crippen LogP contribution in [-0.4, -0.2) is 58.8 Å². The fourth-order valence-electron chi connectivity index (χ4n) is 4.92. The number of nitrogens with one attached hydrogen (secondary N) is 2. The summed E-state index contributed by atoms with van der Waals surface area (Å²) in [6, 6.07) is 19.9. The summed E-state index contributed by atoms with van der Waals surface area (Å²) >= 11 is 2.90. The van der Waals surface area contributed by atoms with Crippen molar-refractivity contribution in [2.75, 3.05) is 19.6 Å². The molecular weight excluding hydrogens is 607 g/mol. The predicted octanol–water partition coefficient (Wildman–Crippen LogP) is 6.71. The Kier molecular flexibility index (Phi) is 14.3. The Labute approximate surface area is 274 Å². The molecule has 2 aromatic carbocycles. The van der Waals surface area contributed by atoms with E-state index in [1.807, 2.05) is 36.4 Å². The van der Waals surface area contributed by atoms with E-state index in [1.54, 1.807) is 23.4 Å². The van der Waals surface area contributed by atoms with Crippen molar-refractivity contribution in [3.05, 3.63) is 105 Å². The minimum absolute atomic E-state index is 0.180. The van der Waals surface area contributed by atoms with Crippen molar-refractivity contribution in [1.82, 2.24) is 25.5 Å². The Balaban J connectivity index is 1.49. The second-order valence-corrected chi connectivity index (χ2v) is 13.2. The number of carbonyl (C=O) groups is 2. The van der Waals surface area contributed by atoms with Gasteiger partial charge in [0.2, 0.25) is 0 Å². The molecule has 2 N–H and O–H groups in total. The molecule has 2 heterocycles. The topological polar surface area (TPSA) is 106 Å². The Morgan fingerprint density at radius 2 is 1.24 bits per heavy atom. The van der Waals surface area contributed by atoms with Gasteiger partial charge in [-0.1, -0.05) is 80.9 Å². The quantitative estimate of drug-likeness (QED) is 0.123. The van der Waals surface area contributed by atoms with Crippen LogP contribution in [0.15, 0.2) is 84.1 Å². The molecular formula is C34H43N5O4S2. The lowest BCUT2D eigenvalue weighted by Gasteiger charge is -2.32. The number of hydrogen-bond donors (Lipinski definition) is 2. The molecule has 3 atom stereocenters. The van der Waals surface area contributed by atoms with Gasteiger partial charge in [0.05, 0.1) is 20.8 Å². The van der Waals surface area contributed by atoms with E-state index in [4.69, 9.17) is 9.47 Å².